The molecule has 2 aromatic carbocycles. The molecule has 41 heavy (non-hydrogen) atoms. The standard InChI is InChI=1S/C28H26N4O9/c1-3-34-5-7-36-19-9-21-13-22(10-19)39-26-16-30-18-28(32-26)41-24-12-20(37-8-6-35-4-2-33-1)11-23(14-24)40-27-17-29-15-25(31-27)38-21/h9-18H,1-8H2. The minimum atomic E-state index is 0.193. The second kappa shape index (κ2) is 13.1. The van der Waals surface area contributed by atoms with Crippen molar-refractivity contribution in [3.63, 3.8) is 0 Å². The largest absolute Gasteiger partial charge is 0.491 e. The van der Waals surface area contributed by atoms with Crippen LogP contribution in [0.2, 0.25) is 0 Å². The van der Waals surface area contributed by atoms with E-state index in [2.05, 4.69) is 19.9 Å². The molecule has 10 bridgehead atoms. The van der Waals surface area contributed by atoms with Crippen molar-refractivity contribution in [1.29, 1.82) is 0 Å². The molecule has 0 aliphatic carbocycles. The SMILES string of the molecule is c1c2cc3cc1Oc1cncc(n1)Oc1cc(cc(c1)Oc1cncc(n1)O3)OCCOCCOCCOCCO2. The van der Waals surface area contributed by atoms with Gasteiger partial charge in [-0.1, -0.05) is 0 Å². The quantitative estimate of drug-likeness (QED) is 0.261. The van der Waals surface area contributed by atoms with E-state index in [1.807, 2.05) is 0 Å². The number of hydrogen-bond acceptors (Lipinski definition) is 13. The third-order valence-corrected chi connectivity index (χ3v) is 5.51. The first-order valence-electron chi connectivity index (χ1n) is 12.9. The van der Waals surface area contributed by atoms with Gasteiger partial charge in [-0.25, -0.2) is 0 Å². The van der Waals surface area contributed by atoms with Crippen molar-refractivity contribution in [2.45, 2.75) is 0 Å². The van der Waals surface area contributed by atoms with Crippen LogP contribution in [0.1, 0.15) is 0 Å². The summed E-state index contributed by atoms with van der Waals surface area (Å²) in [5.74, 6) is 3.29. The number of hydrogen-bond donors (Lipinski definition) is 0. The summed E-state index contributed by atoms with van der Waals surface area (Å²) in [5, 5.41) is 0. The van der Waals surface area contributed by atoms with Crippen LogP contribution >= 0.6 is 0 Å². The smallest absolute Gasteiger partial charge is 0.241 e. The predicted molar refractivity (Wildman–Crippen MR) is 141 cm³/mol. The van der Waals surface area contributed by atoms with E-state index < -0.39 is 0 Å². The normalized spacial score (nSPS) is 15.9. The molecular weight excluding hydrogens is 536 g/mol. The van der Waals surface area contributed by atoms with Crippen molar-refractivity contribution in [3.05, 3.63) is 61.2 Å². The summed E-state index contributed by atoms with van der Waals surface area (Å²) in [7, 11) is 0. The Morgan fingerprint density at radius 1 is 0.366 bits per heavy atom. The van der Waals surface area contributed by atoms with Crippen LogP contribution in [0.4, 0.5) is 0 Å². The van der Waals surface area contributed by atoms with Crippen molar-refractivity contribution >= 4 is 0 Å². The Labute approximate surface area is 234 Å². The van der Waals surface area contributed by atoms with Crippen LogP contribution in [0.3, 0.4) is 0 Å². The molecule has 13 heteroatoms. The number of rotatable bonds is 0. The zero-order valence-electron chi connectivity index (χ0n) is 21.9. The lowest BCUT2D eigenvalue weighted by Gasteiger charge is -2.15. The lowest BCUT2D eigenvalue weighted by Crippen LogP contribution is -2.14. The van der Waals surface area contributed by atoms with E-state index in [4.69, 9.17) is 42.6 Å². The summed E-state index contributed by atoms with van der Waals surface area (Å²) in [6, 6.07) is 10.1. The van der Waals surface area contributed by atoms with Crippen molar-refractivity contribution in [2.75, 3.05) is 52.9 Å². The number of ether oxygens (including phenoxy) is 9. The Balaban J connectivity index is 1.38. The van der Waals surface area contributed by atoms with E-state index in [1.54, 1.807) is 36.4 Å². The van der Waals surface area contributed by atoms with E-state index in [0.717, 1.165) is 0 Å². The molecular formula is C28H26N4O9. The number of fused-ring (bicyclic) bond motifs is 6. The average molecular weight is 563 g/mol. The molecule has 0 atom stereocenters. The minimum absolute atomic E-state index is 0.193. The van der Waals surface area contributed by atoms with Gasteiger partial charge < -0.3 is 42.6 Å². The monoisotopic (exact) mass is 562 g/mol. The lowest BCUT2D eigenvalue weighted by atomic mass is 10.3. The van der Waals surface area contributed by atoms with Gasteiger partial charge in [-0.05, 0) is 0 Å². The van der Waals surface area contributed by atoms with E-state index in [9.17, 15) is 0 Å². The first-order chi connectivity index (χ1) is 20.2. The summed E-state index contributed by atoms with van der Waals surface area (Å²) in [6.45, 7) is 3.03. The first-order valence-corrected chi connectivity index (χ1v) is 12.9. The zero-order valence-corrected chi connectivity index (χ0v) is 21.9. The number of nitrogens with zero attached hydrogens (tertiary/aromatic N) is 4. The second-order valence-corrected chi connectivity index (χ2v) is 8.61. The number of aromatic nitrogens is 4. The van der Waals surface area contributed by atoms with E-state index in [-0.39, 0.29) is 36.7 Å². The van der Waals surface area contributed by atoms with Gasteiger partial charge in [-0.3, -0.25) is 9.97 Å². The van der Waals surface area contributed by atoms with Gasteiger partial charge in [0.15, 0.2) is 0 Å². The molecule has 0 unspecified atom stereocenters. The van der Waals surface area contributed by atoms with Crippen molar-refractivity contribution in [1.82, 2.24) is 19.9 Å². The fourth-order valence-electron chi connectivity index (χ4n) is 3.81. The summed E-state index contributed by atoms with van der Waals surface area (Å²) in [5.41, 5.74) is 0. The zero-order chi connectivity index (χ0) is 27.7. The summed E-state index contributed by atoms with van der Waals surface area (Å²) in [6.07, 6.45) is 5.86. The van der Waals surface area contributed by atoms with Gasteiger partial charge in [0.25, 0.3) is 0 Å². The van der Waals surface area contributed by atoms with E-state index in [0.29, 0.717) is 74.1 Å². The van der Waals surface area contributed by atoms with Gasteiger partial charge in [-0.2, -0.15) is 9.97 Å². The molecule has 2 aromatic heterocycles. The van der Waals surface area contributed by atoms with Gasteiger partial charge in [0.1, 0.15) is 47.7 Å². The highest BCUT2D eigenvalue weighted by Crippen LogP contribution is 2.36. The Bertz CT molecular complexity index is 1280. The third-order valence-electron chi connectivity index (χ3n) is 5.51. The highest BCUT2D eigenvalue weighted by molar-refractivity contribution is 5.46. The molecule has 0 N–H and O–H groups in total. The molecule has 0 amide bonds. The van der Waals surface area contributed by atoms with Crippen molar-refractivity contribution in [2.24, 2.45) is 0 Å². The van der Waals surface area contributed by atoms with Crippen LogP contribution in [0.5, 0.6) is 58.0 Å². The molecule has 0 saturated carbocycles. The molecule has 2 aliphatic rings. The van der Waals surface area contributed by atoms with Crippen LogP contribution in [-0.4, -0.2) is 72.8 Å². The Morgan fingerprint density at radius 3 is 1.00 bits per heavy atom. The predicted octanol–water partition coefficient (Wildman–Crippen LogP) is 4.57. The van der Waals surface area contributed by atoms with E-state index in [1.165, 1.54) is 24.8 Å². The molecule has 4 heterocycles. The van der Waals surface area contributed by atoms with Crippen LogP contribution in [0, 0.1) is 0 Å². The Morgan fingerprint density at radius 2 is 0.659 bits per heavy atom. The molecule has 13 nitrogen and oxygen atoms in total. The highest BCUT2D eigenvalue weighted by atomic mass is 16.6. The van der Waals surface area contributed by atoms with Crippen LogP contribution < -0.4 is 28.4 Å². The molecule has 6 rings (SSSR count). The van der Waals surface area contributed by atoms with Crippen LogP contribution in [0.15, 0.2) is 61.2 Å². The van der Waals surface area contributed by atoms with Crippen LogP contribution in [-0.2, 0) is 14.2 Å². The lowest BCUT2D eigenvalue weighted by molar-refractivity contribution is 0.00496. The molecule has 0 radical (unpaired) electrons. The van der Waals surface area contributed by atoms with Gasteiger partial charge in [0.2, 0.25) is 23.5 Å². The fraction of sp³-hybridized carbons (Fsp3) is 0.286. The number of benzene rings is 2. The molecule has 2 aliphatic heterocycles. The molecule has 0 saturated heterocycles. The maximum absolute atomic E-state index is 6.01. The van der Waals surface area contributed by atoms with Crippen molar-refractivity contribution in [3.8, 4) is 58.0 Å². The average Bonchev–Trinajstić information content (AvgIpc) is 2.95. The summed E-state index contributed by atoms with van der Waals surface area (Å²) < 4.78 is 52.6. The molecule has 212 valence electrons. The van der Waals surface area contributed by atoms with E-state index >= 15 is 0 Å². The first kappa shape index (κ1) is 26.5. The second-order valence-electron chi connectivity index (χ2n) is 8.61. The maximum atomic E-state index is 6.01. The Hall–Kier alpha value is -4.72. The maximum Gasteiger partial charge on any atom is 0.241 e. The van der Waals surface area contributed by atoms with Crippen molar-refractivity contribution < 1.29 is 42.6 Å². The minimum Gasteiger partial charge on any atom is -0.491 e. The molecule has 4 aromatic rings. The Kier molecular flexibility index (Phi) is 8.46. The topological polar surface area (TPSA) is 135 Å². The highest BCUT2D eigenvalue weighted by Gasteiger charge is 2.14. The third kappa shape index (κ3) is 7.69. The fourth-order valence-corrected chi connectivity index (χ4v) is 3.81. The van der Waals surface area contributed by atoms with Gasteiger partial charge in [-0.15, -0.1) is 0 Å². The van der Waals surface area contributed by atoms with Gasteiger partial charge in [0.05, 0.1) is 64.4 Å². The van der Waals surface area contributed by atoms with Gasteiger partial charge in [0, 0.05) is 36.4 Å². The molecule has 0 fully saturated rings. The summed E-state index contributed by atoms with van der Waals surface area (Å²) >= 11 is 0. The van der Waals surface area contributed by atoms with Crippen LogP contribution in [0.25, 0.3) is 0 Å². The van der Waals surface area contributed by atoms with Gasteiger partial charge >= 0.3 is 0 Å². The molecule has 0 spiro atoms. The summed E-state index contributed by atoms with van der Waals surface area (Å²) in [4.78, 5) is 17.3.